The number of carbonyl (C=O) groups is 2. The molecule has 0 saturated heterocycles. The predicted octanol–water partition coefficient (Wildman–Crippen LogP) is 3.51. The van der Waals surface area contributed by atoms with Gasteiger partial charge in [-0.3, -0.25) is 4.79 Å². The van der Waals surface area contributed by atoms with Gasteiger partial charge in [0.15, 0.2) is 16.2 Å². The monoisotopic (exact) mass is 743 g/mol. The van der Waals surface area contributed by atoms with Gasteiger partial charge in [0.05, 0.1) is 12.2 Å². The highest BCUT2D eigenvalue weighted by Crippen LogP contribution is 2.27. The van der Waals surface area contributed by atoms with Crippen molar-refractivity contribution in [1.82, 2.24) is 0 Å². The number of hydrogen-bond donors (Lipinski definition) is 0. The van der Waals surface area contributed by atoms with Crippen molar-refractivity contribution in [3.8, 4) is 0 Å². The summed E-state index contributed by atoms with van der Waals surface area (Å²) in [5.74, 6) is -1.73. The van der Waals surface area contributed by atoms with Gasteiger partial charge in [-0.25, -0.2) is 13.2 Å². The molecule has 1 atom stereocenters. The number of ether oxygens (including phenoxy) is 2. The molecule has 0 aliphatic carbocycles. The van der Waals surface area contributed by atoms with Crippen molar-refractivity contribution in [2.45, 2.75) is 31.1 Å². The lowest BCUT2D eigenvalue weighted by molar-refractivity contribution is -0.159. The van der Waals surface area contributed by atoms with Crippen LogP contribution in [-0.2, 0) is 24.4 Å². The van der Waals surface area contributed by atoms with Crippen LogP contribution in [0, 0.1) is 10.7 Å². The predicted molar refractivity (Wildman–Crippen MR) is 114 cm³/mol. The number of carbonyl (C=O) groups excluding carboxylic acids is 2. The highest BCUT2D eigenvalue weighted by molar-refractivity contribution is 14.1. The minimum atomic E-state index is -5.96. The summed E-state index contributed by atoms with van der Waals surface area (Å²) < 4.78 is 69.6. The largest absolute Gasteiger partial charge is 0.743 e. The van der Waals surface area contributed by atoms with Gasteiger partial charge in [0, 0.05) is 17.1 Å². The first-order valence-corrected chi connectivity index (χ1v) is 11.8. The lowest BCUT2D eigenvalue weighted by Crippen LogP contribution is -2.42. The van der Waals surface area contributed by atoms with Gasteiger partial charge in [0.1, 0.15) is 0 Å². The number of alkyl halides is 2. The van der Waals surface area contributed by atoms with Crippen molar-refractivity contribution in [3.05, 3.63) is 28.4 Å². The molecular weight excluding hydrogens is 731 g/mol. The van der Waals surface area contributed by atoms with Gasteiger partial charge in [0.2, 0.25) is 0 Å². The molecule has 0 aromatic heterocycles. The van der Waals surface area contributed by atoms with E-state index in [9.17, 15) is 31.3 Å². The summed E-state index contributed by atoms with van der Waals surface area (Å²) >= 11 is 6.14. The Hall–Kier alpha value is 0.120. The van der Waals surface area contributed by atoms with E-state index in [-0.39, 0.29) is 13.0 Å². The van der Waals surface area contributed by atoms with Gasteiger partial charge in [-0.15, -0.1) is 0 Å². The molecular formula is C14H12F2I3O7S-. The second kappa shape index (κ2) is 10.2. The van der Waals surface area contributed by atoms with Gasteiger partial charge >= 0.3 is 17.2 Å². The highest BCUT2D eigenvalue weighted by Gasteiger charge is 2.46. The van der Waals surface area contributed by atoms with Crippen LogP contribution in [0.15, 0.2) is 12.1 Å². The molecule has 0 aliphatic heterocycles. The number of esters is 2. The zero-order valence-corrected chi connectivity index (χ0v) is 20.8. The molecule has 7 nitrogen and oxygen atoms in total. The van der Waals surface area contributed by atoms with Crippen LogP contribution < -0.4 is 0 Å². The van der Waals surface area contributed by atoms with Crippen LogP contribution in [0.2, 0.25) is 0 Å². The van der Waals surface area contributed by atoms with Crippen LogP contribution in [-0.4, -0.2) is 42.9 Å². The molecule has 1 unspecified atom stereocenters. The molecule has 1 aromatic carbocycles. The standard InChI is InChI=1S/C14H13F2I3O7S/c1-7(14(15,16)27(22,23)24)26-11(20)3-2-4-25-13(21)9-5-8(17)6-10(18)12(9)19/h5-7H,2-4H2,1H3,(H,22,23,24)/p-1. The van der Waals surface area contributed by atoms with Gasteiger partial charge in [0.25, 0.3) is 0 Å². The quantitative estimate of drug-likeness (QED) is 0.132. The maximum Gasteiger partial charge on any atom is 0.369 e. The van der Waals surface area contributed by atoms with E-state index in [0.717, 1.165) is 7.14 Å². The maximum atomic E-state index is 13.2. The first-order chi connectivity index (χ1) is 12.3. The van der Waals surface area contributed by atoms with E-state index in [1.54, 1.807) is 6.07 Å². The SMILES string of the molecule is CC(OC(=O)CCCOC(=O)c1cc(I)cc(I)c1I)C(F)(F)S(=O)(=O)[O-]. The number of hydrogen-bond acceptors (Lipinski definition) is 7. The summed E-state index contributed by atoms with van der Waals surface area (Å²) in [7, 11) is -5.96. The molecule has 0 bridgehead atoms. The van der Waals surface area contributed by atoms with E-state index in [2.05, 4.69) is 49.9 Å². The van der Waals surface area contributed by atoms with E-state index >= 15 is 0 Å². The molecule has 27 heavy (non-hydrogen) atoms. The van der Waals surface area contributed by atoms with E-state index < -0.39 is 39.8 Å². The zero-order valence-electron chi connectivity index (χ0n) is 13.5. The van der Waals surface area contributed by atoms with Gasteiger partial charge in [-0.05, 0) is 93.2 Å². The summed E-state index contributed by atoms with van der Waals surface area (Å²) in [6.07, 6.45) is -2.84. The first kappa shape index (κ1) is 25.2. The number of rotatable bonds is 8. The molecule has 0 aliphatic rings. The van der Waals surface area contributed by atoms with Crippen molar-refractivity contribution in [2.75, 3.05) is 6.61 Å². The number of halogens is 5. The second-order valence-corrected chi connectivity index (χ2v) is 10.1. The maximum absolute atomic E-state index is 13.2. The molecule has 0 saturated carbocycles. The molecule has 0 fully saturated rings. The smallest absolute Gasteiger partial charge is 0.369 e. The van der Waals surface area contributed by atoms with Crippen LogP contribution in [0.25, 0.3) is 0 Å². The van der Waals surface area contributed by atoms with Crippen LogP contribution in [0.5, 0.6) is 0 Å². The van der Waals surface area contributed by atoms with Crippen LogP contribution in [0.4, 0.5) is 8.78 Å². The molecule has 0 radical (unpaired) electrons. The topological polar surface area (TPSA) is 110 Å². The molecule has 1 aromatic rings. The van der Waals surface area contributed by atoms with Gasteiger partial charge in [-0.2, -0.15) is 8.78 Å². The van der Waals surface area contributed by atoms with Crippen molar-refractivity contribution in [3.63, 3.8) is 0 Å². The van der Waals surface area contributed by atoms with Crippen molar-refractivity contribution in [1.29, 1.82) is 0 Å². The average Bonchev–Trinajstić information content (AvgIpc) is 2.53. The minimum absolute atomic E-state index is 0.0232. The Labute approximate surface area is 195 Å². The average molecular weight is 743 g/mol. The normalized spacial score (nSPS) is 13.1. The van der Waals surface area contributed by atoms with Crippen LogP contribution >= 0.6 is 67.8 Å². The summed E-state index contributed by atoms with van der Waals surface area (Å²) in [5.41, 5.74) is 0.364. The zero-order chi connectivity index (χ0) is 21.0. The fraction of sp³-hybridized carbons (Fsp3) is 0.429. The summed E-state index contributed by atoms with van der Waals surface area (Å²) in [6, 6.07) is 3.53. The third-order valence-electron chi connectivity index (χ3n) is 3.09. The summed E-state index contributed by atoms with van der Waals surface area (Å²) in [5, 5.41) is -4.73. The highest BCUT2D eigenvalue weighted by atomic mass is 127. The second-order valence-electron chi connectivity index (χ2n) is 5.14. The molecule has 152 valence electrons. The van der Waals surface area contributed by atoms with Crippen molar-refractivity contribution in [2.24, 2.45) is 0 Å². The van der Waals surface area contributed by atoms with E-state index in [4.69, 9.17) is 4.74 Å². The third-order valence-corrected chi connectivity index (χ3v) is 7.75. The molecule has 0 amide bonds. The van der Waals surface area contributed by atoms with Crippen molar-refractivity contribution >= 4 is 89.8 Å². The lowest BCUT2D eigenvalue weighted by Gasteiger charge is -2.25. The molecule has 0 N–H and O–H groups in total. The fourth-order valence-electron chi connectivity index (χ4n) is 1.69. The third kappa shape index (κ3) is 7.14. The Bertz CT molecular complexity index is 830. The van der Waals surface area contributed by atoms with Gasteiger partial charge < -0.3 is 14.0 Å². The van der Waals surface area contributed by atoms with Crippen LogP contribution in [0.3, 0.4) is 0 Å². The Morgan fingerprint density at radius 1 is 1.26 bits per heavy atom. The van der Waals surface area contributed by atoms with Crippen LogP contribution in [0.1, 0.15) is 30.1 Å². The van der Waals surface area contributed by atoms with E-state index in [1.165, 1.54) is 0 Å². The molecule has 0 spiro atoms. The van der Waals surface area contributed by atoms with E-state index in [0.29, 0.717) is 16.1 Å². The van der Waals surface area contributed by atoms with Crippen molar-refractivity contribution < 1.29 is 40.8 Å². The molecule has 1 rings (SSSR count). The Kier molecular flexibility index (Phi) is 9.54. The first-order valence-electron chi connectivity index (χ1n) is 7.11. The molecule has 0 heterocycles. The molecule has 13 heteroatoms. The summed E-state index contributed by atoms with van der Waals surface area (Å²) in [4.78, 5) is 23.6. The lowest BCUT2D eigenvalue weighted by atomic mass is 10.2. The Morgan fingerprint density at radius 2 is 1.85 bits per heavy atom. The minimum Gasteiger partial charge on any atom is -0.743 e. The summed E-state index contributed by atoms with van der Waals surface area (Å²) in [6.45, 7) is 0.435. The Morgan fingerprint density at radius 3 is 2.41 bits per heavy atom. The van der Waals surface area contributed by atoms with Gasteiger partial charge in [-0.1, -0.05) is 0 Å². The number of benzene rings is 1. The van der Waals surface area contributed by atoms with E-state index in [1.807, 2.05) is 28.7 Å². The fourth-order valence-corrected chi connectivity index (χ4v) is 4.52. The Balaban J connectivity index is 2.51.